The van der Waals surface area contributed by atoms with Crippen LogP contribution >= 0.6 is 0 Å². The van der Waals surface area contributed by atoms with Crippen LogP contribution in [0.2, 0.25) is 0 Å². The maximum absolute atomic E-state index is 14.8. The summed E-state index contributed by atoms with van der Waals surface area (Å²) in [6.45, 7) is 6.57. The van der Waals surface area contributed by atoms with Crippen LogP contribution in [0.5, 0.6) is 0 Å². The van der Waals surface area contributed by atoms with Crippen molar-refractivity contribution in [2.45, 2.75) is 45.5 Å². The average molecular weight is 526 g/mol. The van der Waals surface area contributed by atoms with E-state index < -0.39 is 17.2 Å². The van der Waals surface area contributed by atoms with Crippen LogP contribution in [0.3, 0.4) is 0 Å². The second-order valence-electron chi connectivity index (χ2n) is 9.74. The fourth-order valence-electron chi connectivity index (χ4n) is 4.33. The molecule has 38 heavy (non-hydrogen) atoms. The van der Waals surface area contributed by atoms with Gasteiger partial charge in [-0.25, -0.2) is 28.1 Å². The summed E-state index contributed by atoms with van der Waals surface area (Å²) in [5, 5.41) is 3.01. The van der Waals surface area contributed by atoms with Crippen molar-refractivity contribution >= 4 is 17.5 Å². The zero-order chi connectivity index (χ0) is 27.7. The molecule has 0 atom stereocenters. The molecule has 0 amide bonds. The molecule has 3 aromatic rings. The van der Waals surface area contributed by atoms with E-state index in [2.05, 4.69) is 26.8 Å². The molecule has 1 saturated carbocycles. The standard InChI is InChI=1S/C28H30F3N5O2/c1-17(11-24(38-5)28(8-9-28)27(3,30)31)10-22(37)12-20-7-6-19(13-23(20)29)21-14-32-26(33-15-21)35-25-16-36(4)18(2)34-25/h6-7,11,13-16H,1,8-10,12H2,2-5H3,(H,32,33,35)/b24-11-. The minimum absolute atomic E-state index is 0.0997. The Morgan fingerprint density at radius 1 is 1.26 bits per heavy atom. The van der Waals surface area contributed by atoms with Crippen molar-refractivity contribution in [1.82, 2.24) is 19.5 Å². The third-order valence-corrected chi connectivity index (χ3v) is 6.82. The molecule has 4 rings (SSSR count). The lowest BCUT2D eigenvalue weighted by molar-refractivity contribution is -0.117. The Labute approximate surface area is 219 Å². The van der Waals surface area contributed by atoms with Crippen LogP contribution in [0.4, 0.5) is 24.9 Å². The van der Waals surface area contributed by atoms with Crippen LogP contribution in [0.15, 0.2) is 60.8 Å². The quantitative estimate of drug-likeness (QED) is 0.241. The van der Waals surface area contributed by atoms with Gasteiger partial charge < -0.3 is 14.6 Å². The Bertz CT molecular complexity index is 1370. The van der Waals surface area contributed by atoms with Crippen molar-refractivity contribution in [2.24, 2.45) is 12.5 Å². The van der Waals surface area contributed by atoms with E-state index in [0.717, 1.165) is 12.7 Å². The van der Waals surface area contributed by atoms with E-state index in [1.807, 2.05) is 24.7 Å². The van der Waals surface area contributed by atoms with E-state index in [1.54, 1.807) is 24.5 Å². The van der Waals surface area contributed by atoms with Gasteiger partial charge in [0.25, 0.3) is 5.92 Å². The molecule has 1 fully saturated rings. The summed E-state index contributed by atoms with van der Waals surface area (Å²) >= 11 is 0. The number of alkyl halides is 2. The first-order chi connectivity index (χ1) is 17.9. The largest absolute Gasteiger partial charge is 0.500 e. The van der Waals surface area contributed by atoms with E-state index >= 15 is 0 Å². The van der Waals surface area contributed by atoms with Gasteiger partial charge in [0.2, 0.25) is 5.95 Å². The summed E-state index contributed by atoms with van der Waals surface area (Å²) in [5.74, 6) is -1.83. The van der Waals surface area contributed by atoms with Gasteiger partial charge in [0.05, 0.1) is 12.5 Å². The van der Waals surface area contributed by atoms with E-state index in [0.29, 0.717) is 41.3 Å². The Morgan fingerprint density at radius 3 is 2.47 bits per heavy atom. The highest BCUT2D eigenvalue weighted by molar-refractivity contribution is 5.83. The molecule has 0 aliphatic heterocycles. The number of methoxy groups -OCH3 is 1. The number of rotatable bonds is 11. The van der Waals surface area contributed by atoms with Crippen LogP contribution in [-0.2, 0) is 23.0 Å². The first-order valence-electron chi connectivity index (χ1n) is 12.1. The minimum Gasteiger partial charge on any atom is -0.500 e. The van der Waals surface area contributed by atoms with Crippen LogP contribution in [0, 0.1) is 18.2 Å². The van der Waals surface area contributed by atoms with E-state index in [4.69, 9.17) is 4.74 Å². The molecule has 0 radical (unpaired) electrons. The van der Waals surface area contributed by atoms with Gasteiger partial charge >= 0.3 is 0 Å². The lowest BCUT2D eigenvalue weighted by Crippen LogP contribution is -2.28. The van der Waals surface area contributed by atoms with Crippen molar-refractivity contribution in [2.75, 3.05) is 12.4 Å². The predicted molar refractivity (Wildman–Crippen MR) is 139 cm³/mol. The molecule has 1 aliphatic carbocycles. The molecule has 10 heteroatoms. The summed E-state index contributed by atoms with van der Waals surface area (Å²) < 4.78 is 50.0. The SMILES string of the molecule is C=C(/C=C(\OC)C1(C(C)(F)F)CC1)CC(=O)Cc1ccc(-c2cnc(Nc3cn(C)c(C)n3)nc2)cc1F. The predicted octanol–water partition coefficient (Wildman–Crippen LogP) is 6.09. The number of ether oxygens (including phenoxy) is 1. The highest BCUT2D eigenvalue weighted by atomic mass is 19.3. The van der Waals surface area contributed by atoms with Gasteiger partial charge in [0.1, 0.15) is 23.2 Å². The van der Waals surface area contributed by atoms with Crippen molar-refractivity contribution < 1.29 is 22.7 Å². The zero-order valence-electron chi connectivity index (χ0n) is 21.8. The molecule has 1 N–H and O–H groups in total. The molecule has 200 valence electrons. The van der Waals surface area contributed by atoms with Gasteiger partial charge in [-0.15, -0.1) is 0 Å². The lowest BCUT2D eigenvalue weighted by atomic mass is 9.94. The zero-order valence-corrected chi connectivity index (χ0v) is 21.8. The van der Waals surface area contributed by atoms with Crippen molar-refractivity contribution in [1.29, 1.82) is 0 Å². The van der Waals surface area contributed by atoms with E-state index in [1.165, 1.54) is 19.3 Å². The molecule has 0 unspecified atom stereocenters. The number of anilines is 2. The second-order valence-corrected chi connectivity index (χ2v) is 9.74. The lowest BCUT2D eigenvalue weighted by Gasteiger charge is -2.25. The number of Topliss-reactive ketones (excluding diaryl/α,β-unsaturated/α-hetero) is 1. The molecule has 0 saturated heterocycles. The highest BCUT2D eigenvalue weighted by Crippen LogP contribution is 2.61. The first-order valence-corrected chi connectivity index (χ1v) is 12.1. The number of carbonyl (C=O) groups excluding carboxylic acids is 1. The molecular weight excluding hydrogens is 495 g/mol. The van der Waals surface area contributed by atoms with Crippen LogP contribution in [0.1, 0.15) is 37.6 Å². The number of ketones is 1. The van der Waals surface area contributed by atoms with Gasteiger partial charge in [-0.2, -0.15) is 0 Å². The van der Waals surface area contributed by atoms with Gasteiger partial charge in [-0.3, -0.25) is 4.79 Å². The van der Waals surface area contributed by atoms with Gasteiger partial charge in [-0.1, -0.05) is 18.7 Å². The minimum atomic E-state index is -2.94. The van der Waals surface area contributed by atoms with Gasteiger partial charge in [0, 0.05) is 51.0 Å². The molecule has 0 bridgehead atoms. The molecule has 7 nitrogen and oxygen atoms in total. The molecular formula is C28H30F3N5O2. The number of aryl methyl sites for hydroxylation is 2. The Hall–Kier alpha value is -3.95. The normalized spacial score (nSPS) is 14.8. The number of benzene rings is 1. The number of hydrogen-bond acceptors (Lipinski definition) is 6. The monoisotopic (exact) mass is 525 g/mol. The number of halogens is 3. The Morgan fingerprint density at radius 2 is 1.95 bits per heavy atom. The first kappa shape index (κ1) is 27.1. The van der Waals surface area contributed by atoms with Gasteiger partial charge in [0.15, 0.2) is 5.82 Å². The summed E-state index contributed by atoms with van der Waals surface area (Å²) in [6.07, 6.45) is 6.73. The van der Waals surface area contributed by atoms with Crippen molar-refractivity contribution in [3.8, 4) is 11.1 Å². The van der Waals surface area contributed by atoms with E-state index in [-0.39, 0.29) is 29.9 Å². The Kier molecular flexibility index (Phi) is 7.44. The molecule has 0 spiro atoms. The third-order valence-electron chi connectivity index (χ3n) is 6.82. The summed E-state index contributed by atoms with van der Waals surface area (Å²) in [4.78, 5) is 25.5. The maximum Gasteiger partial charge on any atom is 0.257 e. The fraction of sp³-hybridized carbons (Fsp3) is 0.357. The topological polar surface area (TPSA) is 81.9 Å². The number of carbonyl (C=O) groups is 1. The summed E-state index contributed by atoms with van der Waals surface area (Å²) in [7, 11) is 3.22. The van der Waals surface area contributed by atoms with Crippen LogP contribution in [-0.4, -0.2) is 38.3 Å². The number of nitrogens with zero attached hydrogens (tertiary/aromatic N) is 4. The van der Waals surface area contributed by atoms with Crippen LogP contribution in [0.25, 0.3) is 11.1 Å². The average Bonchev–Trinajstić information content (AvgIpc) is 3.60. The number of allylic oxidation sites excluding steroid dienone is 3. The summed E-state index contributed by atoms with van der Waals surface area (Å²) in [5.41, 5.74) is 0.394. The van der Waals surface area contributed by atoms with Crippen molar-refractivity contribution in [3.63, 3.8) is 0 Å². The summed E-state index contributed by atoms with van der Waals surface area (Å²) in [6, 6.07) is 4.56. The number of imidazole rings is 1. The smallest absolute Gasteiger partial charge is 0.257 e. The molecule has 1 aliphatic rings. The van der Waals surface area contributed by atoms with E-state index in [9.17, 15) is 18.0 Å². The number of aromatic nitrogens is 4. The van der Waals surface area contributed by atoms with Crippen LogP contribution < -0.4 is 5.32 Å². The molecule has 2 aromatic heterocycles. The maximum atomic E-state index is 14.8. The third kappa shape index (κ3) is 5.79. The van der Waals surface area contributed by atoms with Crippen molar-refractivity contribution in [3.05, 3.63) is 78.0 Å². The fourth-order valence-corrected chi connectivity index (χ4v) is 4.33. The second kappa shape index (κ2) is 10.4. The number of hydrogen-bond donors (Lipinski definition) is 1. The highest BCUT2D eigenvalue weighted by Gasteiger charge is 2.62. The molecule has 2 heterocycles. The Balaban J connectivity index is 1.38. The number of nitrogens with one attached hydrogen (secondary N) is 1. The molecule has 1 aromatic carbocycles. The van der Waals surface area contributed by atoms with Gasteiger partial charge in [-0.05, 0) is 48.6 Å².